The number of nitrogens with zero attached hydrogens (tertiary/aromatic N) is 2. The van der Waals surface area contributed by atoms with E-state index in [1.165, 1.54) is 0 Å². The van der Waals surface area contributed by atoms with Crippen LogP contribution in [0.3, 0.4) is 0 Å². The van der Waals surface area contributed by atoms with Gasteiger partial charge in [-0.15, -0.1) is 0 Å². The molecule has 0 aliphatic rings. The number of aromatic nitrogens is 2. The van der Waals surface area contributed by atoms with Crippen LogP contribution in [0.15, 0.2) is 12.5 Å². The van der Waals surface area contributed by atoms with Crippen molar-refractivity contribution in [1.29, 1.82) is 0 Å². The molecule has 4 nitrogen and oxygen atoms in total. The van der Waals surface area contributed by atoms with E-state index in [-0.39, 0.29) is 5.91 Å². The fourth-order valence-electron chi connectivity index (χ4n) is 0.986. The molecule has 0 aromatic carbocycles. The number of carbonyl (C=O) groups excluding carboxylic acids is 1. The first-order chi connectivity index (χ1) is 5.77. The minimum atomic E-state index is -0.134. The molecule has 66 valence electrons. The van der Waals surface area contributed by atoms with E-state index in [1.54, 1.807) is 19.6 Å². The lowest BCUT2D eigenvalue weighted by Crippen LogP contribution is -2.18. The molecule has 0 aliphatic heterocycles. The molecule has 0 saturated heterocycles. The fourth-order valence-corrected chi connectivity index (χ4v) is 0.986. The summed E-state index contributed by atoms with van der Waals surface area (Å²) in [7, 11) is 1.60. The Bertz CT molecular complexity index is 267. The number of hydrogen-bond donors (Lipinski definition) is 1. The quantitative estimate of drug-likeness (QED) is 0.718. The molecule has 0 fully saturated rings. The van der Waals surface area contributed by atoms with Gasteiger partial charge in [-0.3, -0.25) is 4.79 Å². The Kier molecular flexibility index (Phi) is 2.85. The predicted octanol–water partition coefficient (Wildman–Crippen LogP) is 0.653. The van der Waals surface area contributed by atoms with Gasteiger partial charge in [-0.1, -0.05) is 6.92 Å². The molecular weight excluding hydrogens is 154 g/mol. The van der Waals surface area contributed by atoms with Crippen molar-refractivity contribution < 1.29 is 4.79 Å². The summed E-state index contributed by atoms with van der Waals surface area (Å²) in [6.07, 6.45) is 4.47. The molecule has 1 aromatic rings. The summed E-state index contributed by atoms with van der Waals surface area (Å²) in [5, 5.41) is 2.52. The Labute approximate surface area is 71.6 Å². The van der Waals surface area contributed by atoms with Crippen LogP contribution in [0.2, 0.25) is 0 Å². The van der Waals surface area contributed by atoms with Gasteiger partial charge in [0.15, 0.2) is 0 Å². The Morgan fingerprint density at radius 3 is 3.08 bits per heavy atom. The molecule has 1 heterocycles. The Morgan fingerprint density at radius 2 is 2.50 bits per heavy atom. The molecule has 12 heavy (non-hydrogen) atoms. The van der Waals surface area contributed by atoms with Crippen molar-refractivity contribution in [3.63, 3.8) is 0 Å². The normalized spacial score (nSPS) is 9.83. The minimum Gasteiger partial charge on any atom is -0.354 e. The van der Waals surface area contributed by atoms with Gasteiger partial charge in [0.25, 0.3) is 5.91 Å². The number of hydrogen-bond acceptors (Lipinski definition) is 2. The molecule has 0 unspecified atom stereocenters. The highest BCUT2D eigenvalue weighted by molar-refractivity contribution is 5.91. The van der Waals surface area contributed by atoms with Gasteiger partial charge in [0.2, 0.25) is 0 Å². The lowest BCUT2D eigenvalue weighted by molar-refractivity contribution is 0.0958. The van der Waals surface area contributed by atoms with E-state index in [2.05, 4.69) is 17.2 Å². The van der Waals surface area contributed by atoms with E-state index in [0.717, 1.165) is 13.0 Å². The zero-order valence-electron chi connectivity index (χ0n) is 7.37. The zero-order valence-corrected chi connectivity index (χ0v) is 7.37. The zero-order chi connectivity index (χ0) is 8.97. The van der Waals surface area contributed by atoms with Crippen LogP contribution in [0.1, 0.15) is 23.8 Å². The van der Waals surface area contributed by atoms with Gasteiger partial charge in [-0.05, 0) is 6.42 Å². The van der Waals surface area contributed by atoms with Gasteiger partial charge in [-0.25, -0.2) is 4.98 Å². The summed E-state index contributed by atoms with van der Waals surface area (Å²) in [5.74, 6) is -0.134. The van der Waals surface area contributed by atoms with E-state index < -0.39 is 0 Å². The van der Waals surface area contributed by atoms with Gasteiger partial charge in [-0.2, -0.15) is 0 Å². The lowest BCUT2D eigenvalue weighted by Gasteiger charge is -1.95. The second-order valence-electron chi connectivity index (χ2n) is 2.58. The van der Waals surface area contributed by atoms with Crippen LogP contribution in [0, 0.1) is 0 Å². The number of nitrogens with one attached hydrogen (secondary N) is 1. The van der Waals surface area contributed by atoms with E-state index in [4.69, 9.17) is 0 Å². The molecular formula is C8H13N3O. The molecule has 1 N–H and O–H groups in total. The molecule has 0 aliphatic carbocycles. The van der Waals surface area contributed by atoms with E-state index >= 15 is 0 Å². The fraction of sp³-hybridized carbons (Fsp3) is 0.500. The van der Waals surface area contributed by atoms with Crippen LogP contribution in [-0.2, 0) is 6.54 Å². The minimum absolute atomic E-state index is 0.134. The largest absolute Gasteiger partial charge is 0.354 e. The number of rotatable bonds is 3. The van der Waals surface area contributed by atoms with Gasteiger partial charge in [0, 0.05) is 19.8 Å². The third kappa shape index (κ3) is 1.84. The van der Waals surface area contributed by atoms with Crippen molar-refractivity contribution in [2.24, 2.45) is 0 Å². The number of carbonyl (C=O) groups is 1. The van der Waals surface area contributed by atoms with Crippen LogP contribution < -0.4 is 5.32 Å². The topological polar surface area (TPSA) is 46.9 Å². The molecule has 0 spiro atoms. The van der Waals surface area contributed by atoms with E-state index in [1.807, 2.05) is 4.57 Å². The molecule has 0 radical (unpaired) electrons. The third-order valence-corrected chi connectivity index (χ3v) is 1.57. The van der Waals surface area contributed by atoms with Gasteiger partial charge < -0.3 is 9.88 Å². The van der Waals surface area contributed by atoms with Crippen molar-refractivity contribution in [2.45, 2.75) is 19.9 Å². The second kappa shape index (κ2) is 3.90. The third-order valence-electron chi connectivity index (χ3n) is 1.57. The van der Waals surface area contributed by atoms with Crippen LogP contribution in [0.4, 0.5) is 0 Å². The van der Waals surface area contributed by atoms with Crippen LogP contribution >= 0.6 is 0 Å². The van der Waals surface area contributed by atoms with Gasteiger partial charge in [0.1, 0.15) is 5.69 Å². The predicted molar refractivity (Wildman–Crippen MR) is 45.9 cm³/mol. The number of amides is 1. The highest BCUT2D eigenvalue weighted by Gasteiger charge is 2.05. The van der Waals surface area contributed by atoms with Crippen molar-refractivity contribution in [3.8, 4) is 0 Å². The summed E-state index contributed by atoms with van der Waals surface area (Å²) in [4.78, 5) is 15.0. The molecule has 1 aromatic heterocycles. The summed E-state index contributed by atoms with van der Waals surface area (Å²) in [5.41, 5.74) is 0.478. The molecule has 0 saturated carbocycles. The first kappa shape index (κ1) is 8.77. The molecule has 0 atom stereocenters. The number of imidazole rings is 1. The summed E-state index contributed by atoms with van der Waals surface area (Å²) in [6.45, 7) is 2.99. The van der Waals surface area contributed by atoms with Crippen molar-refractivity contribution >= 4 is 5.91 Å². The highest BCUT2D eigenvalue weighted by atomic mass is 16.1. The average Bonchev–Trinajstić information content (AvgIpc) is 2.52. The Morgan fingerprint density at radius 1 is 1.75 bits per heavy atom. The first-order valence-corrected chi connectivity index (χ1v) is 4.01. The summed E-state index contributed by atoms with van der Waals surface area (Å²) in [6, 6.07) is 0. The smallest absolute Gasteiger partial charge is 0.271 e. The monoisotopic (exact) mass is 167 g/mol. The van der Waals surface area contributed by atoms with Crippen molar-refractivity contribution in [2.75, 3.05) is 7.05 Å². The van der Waals surface area contributed by atoms with Crippen LogP contribution in [0.5, 0.6) is 0 Å². The SMILES string of the molecule is CCCn1cnc(C(=O)NC)c1. The van der Waals surface area contributed by atoms with E-state index in [9.17, 15) is 4.79 Å². The maximum Gasteiger partial charge on any atom is 0.271 e. The van der Waals surface area contributed by atoms with Gasteiger partial charge >= 0.3 is 0 Å². The molecule has 0 bridgehead atoms. The Hall–Kier alpha value is -1.32. The second-order valence-corrected chi connectivity index (χ2v) is 2.58. The molecule has 4 heteroatoms. The maximum absolute atomic E-state index is 11.0. The van der Waals surface area contributed by atoms with Crippen molar-refractivity contribution in [1.82, 2.24) is 14.9 Å². The lowest BCUT2D eigenvalue weighted by atomic mass is 10.4. The molecule has 1 amide bonds. The van der Waals surface area contributed by atoms with Crippen LogP contribution in [-0.4, -0.2) is 22.5 Å². The summed E-state index contributed by atoms with van der Waals surface area (Å²) < 4.78 is 1.91. The number of aryl methyl sites for hydroxylation is 1. The standard InChI is InChI=1S/C8H13N3O/c1-3-4-11-5-7(10-6-11)8(12)9-2/h5-6H,3-4H2,1-2H3,(H,9,12). The summed E-state index contributed by atoms with van der Waals surface area (Å²) >= 11 is 0. The highest BCUT2D eigenvalue weighted by Crippen LogP contribution is 1.96. The molecule has 1 rings (SSSR count). The Balaban J connectivity index is 2.70. The van der Waals surface area contributed by atoms with Crippen molar-refractivity contribution in [3.05, 3.63) is 18.2 Å². The van der Waals surface area contributed by atoms with E-state index in [0.29, 0.717) is 5.69 Å². The first-order valence-electron chi connectivity index (χ1n) is 4.01. The van der Waals surface area contributed by atoms with Gasteiger partial charge in [0.05, 0.1) is 6.33 Å². The average molecular weight is 167 g/mol. The maximum atomic E-state index is 11.0. The van der Waals surface area contributed by atoms with Crippen LogP contribution in [0.25, 0.3) is 0 Å².